The zero-order valence-electron chi connectivity index (χ0n) is 18.2. The maximum Gasteiger partial charge on any atom is 0.260 e. The summed E-state index contributed by atoms with van der Waals surface area (Å²) in [6.45, 7) is 1.27. The van der Waals surface area contributed by atoms with E-state index in [1.54, 1.807) is 16.2 Å². The summed E-state index contributed by atoms with van der Waals surface area (Å²) >= 11 is 6.69. The number of thiazole rings is 1. The predicted octanol–water partition coefficient (Wildman–Crippen LogP) is 6.54. The van der Waals surface area contributed by atoms with Crippen LogP contribution in [0.1, 0.15) is 10.4 Å². The number of para-hydroxylation sites is 1. The molecule has 0 unspecified atom stereocenters. The molecule has 1 amide bonds. The zero-order valence-corrected chi connectivity index (χ0v) is 21.4. The van der Waals surface area contributed by atoms with Gasteiger partial charge in [0.15, 0.2) is 5.13 Å². The molecule has 0 atom stereocenters. The lowest BCUT2D eigenvalue weighted by Gasteiger charge is -2.23. The second kappa shape index (κ2) is 9.30. The Hall–Kier alpha value is -2.65. The Morgan fingerprint density at radius 3 is 2.61 bits per heavy atom. The number of halogens is 1. The van der Waals surface area contributed by atoms with E-state index < -0.39 is 0 Å². The molecule has 3 heterocycles. The molecule has 8 heteroatoms. The van der Waals surface area contributed by atoms with Crippen LogP contribution in [0.15, 0.2) is 70.5 Å². The normalized spacial score (nSPS) is 11.5. The van der Waals surface area contributed by atoms with Crippen LogP contribution in [0.4, 0.5) is 5.13 Å². The average molecular weight is 538 g/mol. The second-order valence-electron chi connectivity index (χ2n) is 7.92. The maximum absolute atomic E-state index is 14.1. The van der Waals surface area contributed by atoms with Crippen molar-refractivity contribution in [2.75, 3.05) is 32.1 Å². The first-order chi connectivity index (χ1) is 16.0. The Labute approximate surface area is 208 Å². The largest absolute Gasteiger partial charge is 0.308 e. The fraction of sp³-hybridized carbons (Fsp3) is 0.160. The van der Waals surface area contributed by atoms with Gasteiger partial charge in [-0.1, -0.05) is 51.5 Å². The Bertz CT molecular complexity index is 1450. The van der Waals surface area contributed by atoms with Crippen molar-refractivity contribution < 1.29 is 4.79 Å². The van der Waals surface area contributed by atoms with Crippen LogP contribution in [0.3, 0.4) is 0 Å². The van der Waals surface area contributed by atoms with Gasteiger partial charge in [0.1, 0.15) is 0 Å². The zero-order chi connectivity index (χ0) is 22.9. The molecule has 0 saturated carbocycles. The highest BCUT2D eigenvalue weighted by molar-refractivity contribution is 9.10. The van der Waals surface area contributed by atoms with Crippen LogP contribution in [0.5, 0.6) is 0 Å². The van der Waals surface area contributed by atoms with E-state index in [4.69, 9.17) is 9.97 Å². The molecule has 0 bridgehead atoms. The maximum atomic E-state index is 14.1. The Balaban J connectivity index is 1.64. The van der Waals surface area contributed by atoms with E-state index in [1.165, 1.54) is 11.3 Å². The lowest BCUT2D eigenvalue weighted by Crippen LogP contribution is -2.37. The van der Waals surface area contributed by atoms with E-state index in [1.807, 2.05) is 80.1 Å². The summed E-state index contributed by atoms with van der Waals surface area (Å²) in [7, 11) is 4.02. The molecule has 3 aromatic heterocycles. The van der Waals surface area contributed by atoms with Gasteiger partial charge in [0, 0.05) is 22.9 Å². The van der Waals surface area contributed by atoms with Crippen LogP contribution in [0.25, 0.3) is 31.7 Å². The van der Waals surface area contributed by atoms with Gasteiger partial charge in [-0.15, -0.1) is 11.3 Å². The Morgan fingerprint density at radius 2 is 1.82 bits per heavy atom. The third-order valence-corrected chi connectivity index (χ3v) is 7.73. The van der Waals surface area contributed by atoms with Gasteiger partial charge in [-0.25, -0.2) is 9.97 Å². The summed E-state index contributed by atoms with van der Waals surface area (Å²) < 4.78 is 2.04. The van der Waals surface area contributed by atoms with Gasteiger partial charge in [0.05, 0.1) is 31.9 Å². The molecule has 0 N–H and O–H groups in total. The van der Waals surface area contributed by atoms with Crippen molar-refractivity contribution >= 4 is 70.8 Å². The van der Waals surface area contributed by atoms with Crippen molar-refractivity contribution in [3.05, 3.63) is 76.1 Å². The highest BCUT2D eigenvalue weighted by Crippen LogP contribution is 2.33. The topological polar surface area (TPSA) is 49.3 Å². The van der Waals surface area contributed by atoms with Crippen LogP contribution >= 0.6 is 38.6 Å². The number of carbonyl (C=O) groups excluding carboxylic acids is 1. The van der Waals surface area contributed by atoms with Crippen molar-refractivity contribution in [1.82, 2.24) is 14.9 Å². The molecule has 0 radical (unpaired) electrons. The van der Waals surface area contributed by atoms with Crippen LogP contribution < -0.4 is 4.90 Å². The standard InChI is InChI=1S/C25H21BrN4OS2/c1-29(2)11-12-30(25-28-20-10-9-16(26)14-23(20)33-25)24(31)18-15-21(22-8-5-13-32-22)27-19-7-4-3-6-17(18)19/h3-10,13-15H,11-12H2,1-2H3. The summed E-state index contributed by atoms with van der Waals surface area (Å²) in [6.07, 6.45) is 0. The molecule has 0 aliphatic heterocycles. The number of pyridine rings is 1. The Kier molecular flexibility index (Phi) is 6.25. The molecule has 0 spiro atoms. The predicted molar refractivity (Wildman–Crippen MR) is 143 cm³/mol. The summed E-state index contributed by atoms with van der Waals surface area (Å²) in [5.74, 6) is -0.0635. The number of anilines is 1. The summed E-state index contributed by atoms with van der Waals surface area (Å²) in [5, 5.41) is 3.58. The van der Waals surface area contributed by atoms with Gasteiger partial charge in [-0.2, -0.15) is 0 Å². The number of rotatable bonds is 6. The number of nitrogens with zero attached hydrogens (tertiary/aromatic N) is 4. The third kappa shape index (κ3) is 4.56. The van der Waals surface area contributed by atoms with E-state index in [0.717, 1.165) is 42.7 Å². The average Bonchev–Trinajstić information content (AvgIpc) is 3.48. The van der Waals surface area contributed by atoms with E-state index >= 15 is 0 Å². The number of benzene rings is 2. The van der Waals surface area contributed by atoms with Gasteiger partial charge >= 0.3 is 0 Å². The Morgan fingerprint density at radius 1 is 0.970 bits per heavy atom. The summed E-state index contributed by atoms with van der Waals surface area (Å²) in [4.78, 5) is 28.6. The lowest BCUT2D eigenvalue weighted by molar-refractivity contribution is 0.0987. The van der Waals surface area contributed by atoms with Crippen LogP contribution in [0, 0.1) is 0 Å². The third-order valence-electron chi connectivity index (χ3n) is 5.31. The molecule has 0 saturated heterocycles. The van der Waals surface area contributed by atoms with Crippen LogP contribution in [0.2, 0.25) is 0 Å². The number of hydrogen-bond acceptors (Lipinski definition) is 6. The molecular formula is C25H21BrN4OS2. The van der Waals surface area contributed by atoms with E-state index in [2.05, 4.69) is 20.8 Å². The van der Waals surface area contributed by atoms with Crippen molar-refractivity contribution in [3.8, 4) is 10.6 Å². The molecule has 5 rings (SSSR count). The van der Waals surface area contributed by atoms with E-state index in [-0.39, 0.29) is 5.91 Å². The van der Waals surface area contributed by atoms with Crippen LogP contribution in [-0.4, -0.2) is 48.0 Å². The quantitative estimate of drug-likeness (QED) is 0.247. The van der Waals surface area contributed by atoms with Crippen molar-refractivity contribution in [2.45, 2.75) is 0 Å². The molecule has 0 aliphatic rings. The molecular weight excluding hydrogens is 516 g/mol. The number of likely N-dealkylation sites (N-methyl/N-ethyl adjacent to an activating group) is 1. The monoisotopic (exact) mass is 536 g/mol. The van der Waals surface area contributed by atoms with Crippen molar-refractivity contribution in [3.63, 3.8) is 0 Å². The number of amides is 1. The number of thiophene rings is 1. The SMILES string of the molecule is CN(C)CCN(C(=O)c1cc(-c2cccs2)nc2ccccc12)c1nc2ccc(Br)cc2s1. The fourth-order valence-corrected chi connectivity index (χ4v) is 5.86. The van der Waals surface area contributed by atoms with Gasteiger partial charge in [0.2, 0.25) is 0 Å². The smallest absolute Gasteiger partial charge is 0.260 e. The summed E-state index contributed by atoms with van der Waals surface area (Å²) in [5.41, 5.74) is 3.16. The second-order valence-corrected chi connectivity index (χ2v) is 10.8. The lowest BCUT2D eigenvalue weighted by atomic mass is 10.1. The van der Waals surface area contributed by atoms with Crippen molar-refractivity contribution in [1.29, 1.82) is 0 Å². The molecule has 5 nitrogen and oxygen atoms in total. The van der Waals surface area contributed by atoms with Crippen LogP contribution in [-0.2, 0) is 0 Å². The minimum absolute atomic E-state index is 0.0635. The van der Waals surface area contributed by atoms with E-state index in [9.17, 15) is 4.79 Å². The van der Waals surface area contributed by atoms with Gasteiger partial charge in [-0.05, 0) is 55.9 Å². The number of hydrogen-bond donors (Lipinski definition) is 0. The molecule has 0 aliphatic carbocycles. The summed E-state index contributed by atoms with van der Waals surface area (Å²) in [6, 6.07) is 19.8. The highest BCUT2D eigenvalue weighted by Gasteiger charge is 2.24. The number of carbonyl (C=O) groups is 1. The molecule has 33 heavy (non-hydrogen) atoms. The fourth-order valence-electron chi connectivity index (χ4n) is 3.63. The highest BCUT2D eigenvalue weighted by atomic mass is 79.9. The van der Waals surface area contributed by atoms with Gasteiger partial charge in [-0.3, -0.25) is 9.69 Å². The first-order valence-electron chi connectivity index (χ1n) is 10.5. The molecule has 2 aromatic carbocycles. The van der Waals surface area contributed by atoms with Crippen molar-refractivity contribution in [2.24, 2.45) is 0 Å². The molecule has 0 fully saturated rings. The minimum atomic E-state index is -0.0635. The van der Waals surface area contributed by atoms with Gasteiger partial charge in [0.25, 0.3) is 5.91 Å². The number of aromatic nitrogens is 2. The molecule has 166 valence electrons. The number of fused-ring (bicyclic) bond motifs is 2. The first-order valence-corrected chi connectivity index (χ1v) is 12.9. The van der Waals surface area contributed by atoms with E-state index in [0.29, 0.717) is 17.2 Å². The first kappa shape index (κ1) is 22.2. The minimum Gasteiger partial charge on any atom is -0.308 e. The molecule has 5 aromatic rings. The van der Waals surface area contributed by atoms with Gasteiger partial charge < -0.3 is 4.90 Å².